The maximum absolute atomic E-state index is 8.45. The van der Waals surface area contributed by atoms with Gasteiger partial charge in [0.05, 0.1) is 5.70 Å². The molecule has 1 atom stereocenters. The summed E-state index contributed by atoms with van der Waals surface area (Å²) in [6, 6.07) is 0. The van der Waals surface area contributed by atoms with Gasteiger partial charge in [-0.25, -0.2) is 0 Å². The fourth-order valence-corrected chi connectivity index (χ4v) is 0.829. The van der Waals surface area contributed by atoms with Crippen LogP contribution in [0.4, 0.5) is 0 Å². The van der Waals surface area contributed by atoms with Gasteiger partial charge in [0.1, 0.15) is 0 Å². The first kappa shape index (κ1) is 7.31. The van der Waals surface area contributed by atoms with E-state index in [-0.39, 0.29) is 5.54 Å². The second-order valence-electron chi connectivity index (χ2n) is 2.81. The molecule has 4 N–H and O–H groups in total. The molecule has 0 aromatic rings. The third-order valence-electron chi connectivity index (χ3n) is 1.53. The standard InChI is InChI=1S/C7H12N2O/c1-7(8)4-2-6(9-10)3-5-7/h2-4,9-10H,5,8H2,1H3. The van der Waals surface area contributed by atoms with Crippen LogP contribution in [-0.4, -0.2) is 10.7 Å². The van der Waals surface area contributed by atoms with Gasteiger partial charge in [0.25, 0.3) is 0 Å². The lowest BCUT2D eigenvalue weighted by Gasteiger charge is -2.21. The van der Waals surface area contributed by atoms with Gasteiger partial charge < -0.3 is 5.73 Å². The summed E-state index contributed by atoms with van der Waals surface area (Å²) in [5, 5.41) is 8.45. The predicted octanol–water partition coefficient (Wildman–Crippen LogP) is 0.526. The minimum atomic E-state index is -0.250. The molecule has 1 unspecified atom stereocenters. The normalized spacial score (nSPS) is 31.7. The quantitative estimate of drug-likeness (QED) is 0.465. The van der Waals surface area contributed by atoms with Crippen molar-refractivity contribution in [3.05, 3.63) is 23.9 Å². The van der Waals surface area contributed by atoms with Gasteiger partial charge in [-0.05, 0) is 19.4 Å². The van der Waals surface area contributed by atoms with Gasteiger partial charge in [0.15, 0.2) is 0 Å². The summed E-state index contributed by atoms with van der Waals surface area (Å²) in [5.41, 5.74) is 8.28. The Bertz CT molecular complexity index is 182. The van der Waals surface area contributed by atoms with Crippen LogP contribution >= 0.6 is 0 Å². The number of hydrogen-bond donors (Lipinski definition) is 3. The Morgan fingerprint density at radius 3 is 2.90 bits per heavy atom. The number of hydroxylamine groups is 1. The van der Waals surface area contributed by atoms with Crippen LogP contribution in [0.15, 0.2) is 23.9 Å². The van der Waals surface area contributed by atoms with Crippen molar-refractivity contribution in [3.8, 4) is 0 Å². The highest BCUT2D eigenvalue weighted by molar-refractivity contribution is 5.25. The molecular weight excluding hydrogens is 128 g/mol. The Kier molecular flexibility index (Phi) is 1.78. The summed E-state index contributed by atoms with van der Waals surface area (Å²) in [6.07, 6.45) is 6.25. The zero-order chi connectivity index (χ0) is 7.61. The fraction of sp³-hybridized carbons (Fsp3) is 0.429. The average Bonchev–Trinajstić information content (AvgIpc) is 1.88. The molecule has 1 aliphatic rings. The van der Waals surface area contributed by atoms with Crippen LogP contribution in [0.1, 0.15) is 13.3 Å². The summed E-state index contributed by atoms with van der Waals surface area (Å²) in [4.78, 5) is 0. The van der Waals surface area contributed by atoms with Gasteiger partial charge in [0, 0.05) is 5.54 Å². The van der Waals surface area contributed by atoms with Gasteiger partial charge in [-0.15, -0.1) is 0 Å². The third-order valence-corrected chi connectivity index (χ3v) is 1.53. The summed E-state index contributed by atoms with van der Waals surface area (Å²) >= 11 is 0. The molecule has 0 aliphatic heterocycles. The first-order valence-electron chi connectivity index (χ1n) is 3.22. The Hall–Kier alpha value is -0.800. The molecule has 0 bridgehead atoms. The van der Waals surface area contributed by atoms with Crippen molar-refractivity contribution in [1.82, 2.24) is 5.48 Å². The zero-order valence-electron chi connectivity index (χ0n) is 5.96. The first-order chi connectivity index (χ1) is 4.64. The van der Waals surface area contributed by atoms with E-state index in [9.17, 15) is 0 Å². The van der Waals surface area contributed by atoms with Crippen LogP contribution in [0.3, 0.4) is 0 Å². The lowest BCUT2D eigenvalue weighted by atomic mass is 9.94. The van der Waals surface area contributed by atoms with Crippen molar-refractivity contribution in [2.75, 3.05) is 0 Å². The SMILES string of the molecule is CC1(N)C=CC(NO)=CC1. The molecule has 0 aromatic heterocycles. The second kappa shape index (κ2) is 2.44. The van der Waals surface area contributed by atoms with Crippen LogP contribution in [0, 0.1) is 0 Å². The van der Waals surface area contributed by atoms with Crippen LogP contribution in [0.25, 0.3) is 0 Å². The second-order valence-corrected chi connectivity index (χ2v) is 2.81. The third kappa shape index (κ3) is 1.59. The molecule has 1 rings (SSSR count). The summed E-state index contributed by atoms with van der Waals surface area (Å²) in [5.74, 6) is 0. The summed E-state index contributed by atoms with van der Waals surface area (Å²) < 4.78 is 0. The lowest BCUT2D eigenvalue weighted by molar-refractivity contribution is 0.203. The van der Waals surface area contributed by atoms with E-state index in [0.29, 0.717) is 5.70 Å². The Labute approximate surface area is 60.2 Å². The number of rotatable bonds is 1. The molecule has 0 saturated heterocycles. The van der Waals surface area contributed by atoms with E-state index in [1.165, 1.54) is 0 Å². The highest BCUT2D eigenvalue weighted by Crippen LogP contribution is 2.15. The maximum atomic E-state index is 8.45. The van der Waals surface area contributed by atoms with Crippen LogP contribution in [0.5, 0.6) is 0 Å². The Morgan fingerprint density at radius 1 is 1.80 bits per heavy atom. The first-order valence-corrected chi connectivity index (χ1v) is 3.22. The maximum Gasteiger partial charge on any atom is 0.0560 e. The average molecular weight is 140 g/mol. The van der Waals surface area contributed by atoms with Crippen LogP contribution in [0.2, 0.25) is 0 Å². The molecule has 3 nitrogen and oxygen atoms in total. The molecule has 0 radical (unpaired) electrons. The number of nitrogens with two attached hydrogens (primary N) is 1. The molecule has 3 heteroatoms. The van der Waals surface area contributed by atoms with E-state index in [2.05, 4.69) is 5.48 Å². The number of nitrogens with one attached hydrogen (secondary N) is 1. The van der Waals surface area contributed by atoms with Gasteiger partial charge in [-0.3, -0.25) is 10.7 Å². The van der Waals surface area contributed by atoms with Crippen molar-refractivity contribution in [3.63, 3.8) is 0 Å². The molecule has 0 spiro atoms. The predicted molar refractivity (Wildman–Crippen MR) is 39.4 cm³/mol. The van der Waals surface area contributed by atoms with Crippen molar-refractivity contribution in [2.24, 2.45) is 5.73 Å². The van der Waals surface area contributed by atoms with Crippen molar-refractivity contribution >= 4 is 0 Å². The van der Waals surface area contributed by atoms with E-state index in [4.69, 9.17) is 10.9 Å². The number of allylic oxidation sites excluding steroid dienone is 1. The van der Waals surface area contributed by atoms with Gasteiger partial charge in [0.2, 0.25) is 0 Å². The minimum Gasteiger partial charge on any atom is -0.322 e. The molecule has 0 amide bonds. The smallest absolute Gasteiger partial charge is 0.0560 e. The zero-order valence-corrected chi connectivity index (χ0v) is 5.96. The molecule has 10 heavy (non-hydrogen) atoms. The summed E-state index contributed by atoms with van der Waals surface area (Å²) in [7, 11) is 0. The molecule has 1 aliphatic carbocycles. The monoisotopic (exact) mass is 140 g/mol. The minimum absolute atomic E-state index is 0.250. The van der Waals surface area contributed by atoms with Crippen molar-refractivity contribution in [1.29, 1.82) is 0 Å². The molecule has 0 heterocycles. The molecule has 0 aromatic carbocycles. The van der Waals surface area contributed by atoms with Crippen molar-refractivity contribution < 1.29 is 5.21 Å². The van der Waals surface area contributed by atoms with E-state index in [0.717, 1.165) is 6.42 Å². The van der Waals surface area contributed by atoms with Gasteiger partial charge >= 0.3 is 0 Å². The van der Waals surface area contributed by atoms with Crippen molar-refractivity contribution in [2.45, 2.75) is 18.9 Å². The van der Waals surface area contributed by atoms with Gasteiger partial charge in [-0.2, -0.15) is 0 Å². The van der Waals surface area contributed by atoms with E-state index in [1.807, 2.05) is 19.1 Å². The molecular formula is C7H12N2O. The highest BCUT2D eigenvalue weighted by Gasteiger charge is 2.15. The number of hydrogen-bond acceptors (Lipinski definition) is 3. The molecule has 0 saturated carbocycles. The van der Waals surface area contributed by atoms with Crippen LogP contribution < -0.4 is 11.2 Å². The summed E-state index contributed by atoms with van der Waals surface area (Å²) in [6.45, 7) is 1.94. The van der Waals surface area contributed by atoms with E-state index >= 15 is 0 Å². The van der Waals surface area contributed by atoms with E-state index < -0.39 is 0 Å². The largest absolute Gasteiger partial charge is 0.322 e. The highest BCUT2D eigenvalue weighted by atomic mass is 16.5. The lowest BCUT2D eigenvalue weighted by Crippen LogP contribution is -2.34. The Balaban J connectivity index is 2.63. The van der Waals surface area contributed by atoms with E-state index in [1.54, 1.807) is 6.08 Å². The molecule has 0 fully saturated rings. The molecule has 56 valence electrons. The van der Waals surface area contributed by atoms with Gasteiger partial charge in [-0.1, -0.05) is 12.2 Å². The fourth-order valence-electron chi connectivity index (χ4n) is 0.829. The Morgan fingerprint density at radius 2 is 2.50 bits per heavy atom. The topological polar surface area (TPSA) is 58.3 Å². The van der Waals surface area contributed by atoms with Crippen LogP contribution in [-0.2, 0) is 0 Å².